The van der Waals surface area contributed by atoms with Crippen LogP contribution in [-0.4, -0.2) is 13.2 Å². The van der Waals surface area contributed by atoms with Gasteiger partial charge in [0.05, 0.1) is 6.61 Å². The van der Waals surface area contributed by atoms with Crippen LogP contribution in [0.2, 0.25) is 0 Å². The maximum Gasteiger partial charge on any atom is 0.123 e. The first-order valence-electron chi connectivity index (χ1n) is 6.75. The van der Waals surface area contributed by atoms with Crippen molar-refractivity contribution in [2.24, 2.45) is 5.92 Å². The van der Waals surface area contributed by atoms with E-state index in [2.05, 4.69) is 47.7 Å². The minimum absolute atomic E-state index is 0.653. The molecule has 1 N–H and O–H groups in total. The van der Waals surface area contributed by atoms with Crippen molar-refractivity contribution in [2.75, 3.05) is 13.2 Å². The van der Waals surface area contributed by atoms with Gasteiger partial charge < -0.3 is 10.1 Å². The zero-order valence-electron chi connectivity index (χ0n) is 12.1. The molecule has 1 aromatic rings. The Hall–Kier alpha value is -0.800. The normalized spacial score (nSPS) is 10.8. The highest BCUT2D eigenvalue weighted by molar-refractivity contribution is 9.10. The van der Waals surface area contributed by atoms with Crippen LogP contribution < -0.4 is 10.1 Å². The van der Waals surface area contributed by atoms with Crippen molar-refractivity contribution in [3.63, 3.8) is 0 Å². The predicted octanol–water partition coefficient (Wildman–Crippen LogP) is 4.54. The maximum atomic E-state index is 5.84. The van der Waals surface area contributed by atoms with Gasteiger partial charge in [0.2, 0.25) is 0 Å². The molecule has 0 aliphatic carbocycles. The lowest BCUT2D eigenvalue weighted by Crippen LogP contribution is -2.19. The molecule has 0 aliphatic heterocycles. The first kappa shape index (κ1) is 16.3. The lowest BCUT2D eigenvalue weighted by Gasteiger charge is -2.13. The Balaban J connectivity index is 2.60. The van der Waals surface area contributed by atoms with Gasteiger partial charge in [-0.1, -0.05) is 35.4 Å². The highest BCUT2D eigenvalue weighted by Gasteiger charge is 2.05. The standard InChI is InChI=1S/C16H24BrNO/c1-12(2)7-8-19-16-6-5-15(17)9-14(16)11-18-10-13(3)4/h5-6,9,13,18H,1,7-8,10-11H2,2-4H3. The third-order valence-corrected chi connectivity index (χ3v) is 3.17. The van der Waals surface area contributed by atoms with E-state index in [1.54, 1.807) is 0 Å². The number of rotatable bonds is 8. The van der Waals surface area contributed by atoms with Gasteiger partial charge in [-0.25, -0.2) is 0 Å². The average molecular weight is 326 g/mol. The van der Waals surface area contributed by atoms with Gasteiger partial charge in [-0.15, -0.1) is 6.58 Å². The number of hydrogen-bond donors (Lipinski definition) is 1. The number of halogens is 1. The smallest absolute Gasteiger partial charge is 0.123 e. The molecule has 0 unspecified atom stereocenters. The molecule has 1 aromatic carbocycles. The van der Waals surface area contributed by atoms with Crippen LogP contribution in [0.25, 0.3) is 0 Å². The molecule has 0 aromatic heterocycles. The van der Waals surface area contributed by atoms with Gasteiger partial charge in [0.1, 0.15) is 5.75 Å². The predicted molar refractivity (Wildman–Crippen MR) is 85.6 cm³/mol. The van der Waals surface area contributed by atoms with E-state index in [0.29, 0.717) is 12.5 Å². The Kier molecular flexibility index (Phi) is 7.17. The quantitative estimate of drug-likeness (QED) is 0.708. The van der Waals surface area contributed by atoms with Gasteiger partial charge in [0.25, 0.3) is 0 Å². The van der Waals surface area contributed by atoms with Crippen LogP contribution >= 0.6 is 15.9 Å². The Labute approximate surface area is 125 Å². The molecule has 3 heteroatoms. The molecule has 0 radical (unpaired) electrons. The van der Waals surface area contributed by atoms with Crippen molar-refractivity contribution in [3.05, 3.63) is 40.4 Å². The fourth-order valence-electron chi connectivity index (χ4n) is 1.66. The second-order valence-electron chi connectivity index (χ2n) is 5.33. The van der Waals surface area contributed by atoms with E-state index in [0.717, 1.165) is 35.3 Å². The van der Waals surface area contributed by atoms with Crippen molar-refractivity contribution >= 4 is 15.9 Å². The van der Waals surface area contributed by atoms with Crippen LogP contribution in [0.1, 0.15) is 32.8 Å². The molecule has 0 saturated carbocycles. The van der Waals surface area contributed by atoms with Crippen LogP contribution in [-0.2, 0) is 6.54 Å². The van der Waals surface area contributed by atoms with E-state index in [9.17, 15) is 0 Å². The van der Waals surface area contributed by atoms with Crippen LogP contribution in [0.15, 0.2) is 34.8 Å². The van der Waals surface area contributed by atoms with Crippen LogP contribution in [0.5, 0.6) is 5.75 Å². The molecular weight excluding hydrogens is 302 g/mol. The maximum absolute atomic E-state index is 5.84. The summed E-state index contributed by atoms with van der Waals surface area (Å²) in [6, 6.07) is 6.15. The van der Waals surface area contributed by atoms with Gasteiger partial charge in [-0.2, -0.15) is 0 Å². The monoisotopic (exact) mass is 325 g/mol. The Morgan fingerprint density at radius 1 is 1.42 bits per heavy atom. The van der Waals surface area contributed by atoms with E-state index in [1.165, 1.54) is 5.56 Å². The molecule has 0 amide bonds. The zero-order valence-corrected chi connectivity index (χ0v) is 13.7. The van der Waals surface area contributed by atoms with Gasteiger partial charge in [-0.3, -0.25) is 0 Å². The van der Waals surface area contributed by atoms with E-state index in [1.807, 2.05) is 19.1 Å². The molecule has 0 fully saturated rings. The molecular formula is C16H24BrNO. The van der Waals surface area contributed by atoms with Crippen LogP contribution in [0.4, 0.5) is 0 Å². The molecule has 2 nitrogen and oxygen atoms in total. The van der Waals surface area contributed by atoms with Crippen molar-refractivity contribution in [1.82, 2.24) is 5.32 Å². The van der Waals surface area contributed by atoms with E-state index < -0.39 is 0 Å². The molecule has 0 bridgehead atoms. The first-order valence-corrected chi connectivity index (χ1v) is 7.54. The summed E-state index contributed by atoms with van der Waals surface area (Å²) in [5, 5.41) is 3.45. The number of benzene rings is 1. The molecule has 1 rings (SSSR count). The summed E-state index contributed by atoms with van der Waals surface area (Å²) >= 11 is 3.51. The first-order chi connectivity index (χ1) is 8.99. The molecule has 0 saturated heterocycles. The van der Waals surface area contributed by atoms with Crippen molar-refractivity contribution in [1.29, 1.82) is 0 Å². The molecule has 19 heavy (non-hydrogen) atoms. The molecule has 0 heterocycles. The van der Waals surface area contributed by atoms with E-state index >= 15 is 0 Å². The van der Waals surface area contributed by atoms with E-state index in [4.69, 9.17) is 4.74 Å². The number of hydrogen-bond acceptors (Lipinski definition) is 2. The number of ether oxygens (including phenoxy) is 1. The van der Waals surface area contributed by atoms with Gasteiger partial charge >= 0.3 is 0 Å². The fourth-order valence-corrected chi connectivity index (χ4v) is 2.07. The second-order valence-corrected chi connectivity index (χ2v) is 6.25. The molecule has 0 atom stereocenters. The zero-order chi connectivity index (χ0) is 14.3. The average Bonchev–Trinajstić information content (AvgIpc) is 2.31. The highest BCUT2D eigenvalue weighted by atomic mass is 79.9. The molecule has 0 aliphatic rings. The van der Waals surface area contributed by atoms with Gasteiger partial charge in [0, 0.05) is 23.0 Å². The summed E-state index contributed by atoms with van der Waals surface area (Å²) in [5.74, 6) is 1.61. The van der Waals surface area contributed by atoms with Gasteiger partial charge in [0.15, 0.2) is 0 Å². The molecule has 0 spiro atoms. The Bertz CT molecular complexity index is 415. The van der Waals surface area contributed by atoms with Crippen molar-refractivity contribution in [2.45, 2.75) is 33.7 Å². The Morgan fingerprint density at radius 3 is 2.79 bits per heavy atom. The van der Waals surface area contributed by atoms with Crippen molar-refractivity contribution < 1.29 is 4.74 Å². The second kappa shape index (κ2) is 8.39. The minimum atomic E-state index is 0.653. The number of nitrogens with one attached hydrogen (secondary N) is 1. The lowest BCUT2D eigenvalue weighted by atomic mass is 10.1. The topological polar surface area (TPSA) is 21.3 Å². The minimum Gasteiger partial charge on any atom is -0.493 e. The third kappa shape index (κ3) is 6.79. The SMILES string of the molecule is C=C(C)CCOc1ccc(Br)cc1CNCC(C)C. The third-order valence-electron chi connectivity index (χ3n) is 2.68. The largest absolute Gasteiger partial charge is 0.493 e. The van der Waals surface area contributed by atoms with Crippen LogP contribution in [0.3, 0.4) is 0 Å². The summed E-state index contributed by atoms with van der Waals surface area (Å²) in [4.78, 5) is 0. The van der Waals surface area contributed by atoms with E-state index in [-0.39, 0.29) is 0 Å². The summed E-state index contributed by atoms with van der Waals surface area (Å²) in [7, 11) is 0. The Morgan fingerprint density at radius 2 is 2.16 bits per heavy atom. The van der Waals surface area contributed by atoms with Crippen LogP contribution in [0, 0.1) is 5.92 Å². The summed E-state index contributed by atoms with van der Waals surface area (Å²) in [6.07, 6.45) is 0.898. The summed E-state index contributed by atoms with van der Waals surface area (Å²) < 4.78 is 6.92. The highest BCUT2D eigenvalue weighted by Crippen LogP contribution is 2.23. The van der Waals surface area contributed by atoms with Crippen molar-refractivity contribution in [3.8, 4) is 5.75 Å². The summed E-state index contributed by atoms with van der Waals surface area (Å²) in [6.45, 7) is 12.9. The molecule has 106 valence electrons. The fraction of sp³-hybridized carbons (Fsp3) is 0.500. The lowest BCUT2D eigenvalue weighted by molar-refractivity contribution is 0.317. The summed E-state index contributed by atoms with van der Waals surface area (Å²) in [5.41, 5.74) is 2.34. The van der Waals surface area contributed by atoms with Gasteiger partial charge in [-0.05, 0) is 37.6 Å².